The van der Waals surface area contributed by atoms with E-state index in [-0.39, 0.29) is 5.82 Å². The number of halogens is 2. The number of hydrogen-bond donors (Lipinski definition) is 1. The second-order valence-electron chi connectivity index (χ2n) is 8.97. The van der Waals surface area contributed by atoms with E-state index in [4.69, 9.17) is 18.0 Å². The summed E-state index contributed by atoms with van der Waals surface area (Å²) >= 11 is 6.40. The quantitative estimate of drug-likeness (QED) is 0.511. The van der Waals surface area contributed by atoms with Crippen LogP contribution in [0.4, 0.5) is 4.39 Å². The van der Waals surface area contributed by atoms with E-state index in [0.717, 1.165) is 48.1 Å². The molecular formula is C25H31ClFN3. The van der Waals surface area contributed by atoms with Crippen molar-refractivity contribution < 1.29 is 4.39 Å². The summed E-state index contributed by atoms with van der Waals surface area (Å²) in [4.78, 5) is 0. The summed E-state index contributed by atoms with van der Waals surface area (Å²) in [5.41, 5.74) is 4.54. The summed E-state index contributed by atoms with van der Waals surface area (Å²) < 4.78 is 16.9. The third kappa shape index (κ3) is 4.19. The number of rotatable bonds is 7. The lowest BCUT2D eigenvalue weighted by atomic mass is 9.68. The molecule has 5 heteroatoms. The van der Waals surface area contributed by atoms with E-state index in [9.17, 15) is 4.39 Å². The largest absolute Gasteiger partial charge is 0.309 e. The molecule has 0 spiro atoms. The molecule has 1 N–H and O–H groups in total. The average Bonchev–Trinajstić information content (AvgIpc) is 3.04. The highest BCUT2D eigenvalue weighted by molar-refractivity contribution is 6.31. The average molecular weight is 428 g/mol. The lowest BCUT2D eigenvalue weighted by Gasteiger charge is -2.43. The number of benzene rings is 1. The van der Waals surface area contributed by atoms with Crippen molar-refractivity contribution in [3.63, 3.8) is 0 Å². The minimum atomic E-state index is -0.407. The van der Waals surface area contributed by atoms with Gasteiger partial charge in [-0.05, 0) is 56.4 Å². The van der Waals surface area contributed by atoms with Crippen molar-refractivity contribution in [1.82, 2.24) is 15.1 Å². The monoisotopic (exact) mass is 427 g/mol. The molecule has 1 aromatic carbocycles. The molecular weight excluding hydrogens is 397 g/mol. The van der Waals surface area contributed by atoms with Gasteiger partial charge in [0.25, 0.3) is 0 Å². The minimum absolute atomic E-state index is 0.337. The first-order valence-electron chi connectivity index (χ1n) is 10.6. The number of likely N-dealkylation sites (N-methyl/N-ethyl adjacent to an activating group) is 1. The van der Waals surface area contributed by atoms with Gasteiger partial charge in [-0.2, -0.15) is 5.10 Å². The van der Waals surface area contributed by atoms with Crippen molar-refractivity contribution >= 4 is 17.2 Å². The molecule has 0 radical (unpaired) electrons. The van der Waals surface area contributed by atoms with Crippen LogP contribution in [0.5, 0.6) is 0 Å². The van der Waals surface area contributed by atoms with Crippen LogP contribution in [0, 0.1) is 30.5 Å². The smallest absolute Gasteiger partial charge is 0.129 e. The standard InChI is InChI=1S/C25H31ClFN3/c1-7-10-19(24(28-6)23-21(26)11-9-12-22(23)27)18(8-2)20-15-29-30(16(20)3)17-13-25(4,5)14-17/h2,9,11-12,15,17,24,28H,7,10,13-14H2,1,3-6H3/b19-18+. The molecule has 3 nitrogen and oxygen atoms in total. The number of nitrogens with zero attached hydrogens (tertiary/aromatic N) is 2. The van der Waals surface area contributed by atoms with Crippen LogP contribution >= 0.6 is 11.6 Å². The van der Waals surface area contributed by atoms with Crippen LogP contribution in [0.1, 0.15) is 75.4 Å². The van der Waals surface area contributed by atoms with Crippen molar-refractivity contribution in [2.75, 3.05) is 7.05 Å². The highest BCUT2D eigenvalue weighted by Crippen LogP contribution is 2.48. The number of terminal acetylenes is 1. The summed E-state index contributed by atoms with van der Waals surface area (Å²) in [6.45, 7) is 8.73. The fourth-order valence-electron chi connectivity index (χ4n) is 4.73. The van der Waals surface area contributed by atoms with E-state index in [1.807, 2.05) is 13.2 Å². The van der Waals surface area contributed by atoms with E-state index in [1.165, 1.54) is 6.07 Å². The van der Waals surface area contributed by atoms with Crippen molar-refractivity contribution in [1.29, 1.82) is 0 Å². The molecule has 1 atom stereocenters. The highest BCUT2D eigenvalue weighted by atomic mass is 35.5. The Morgan fingerprint density at radius 2 is 2.13 bits per heavy atom. The van der Waals surface area contributed by atoms with Gasteiger partial charge in [-0.3, -0.25) is 4.68 Å². The second-order valence-corrected chi connectivity index (χ2v) is 9.37. The zero-order valence-corrected chi connectivity index (χ0v) is 19.3. The maximum Gasteiger partial charge on any atom is 0.129 e. The predicted octanol–water partition coefficient (Wildman–Crippen LogP) is 6.49. The summed E-state index contributed by atoms with van der Waals surface area (Å²) in [5.74, 6) is 2.56. The molecule has 0 saturated heterocycles. The maximum absolute atomic E-state index is 14.8. The summed E-state index contributed by atoms with van der Waals surface area (Å²) in [6.07, 6.45) is 11.7. The van der Waals surface area contributed by atoms with Gasteiger partial charge in [0.2, 0.25) is 0 Å². The van der Waals surface area contributed by atoms with Gasteiger partial charge in [0.15, 0.2) is 0 Å². The SMILES string of the molecule is C#C/C(=C(/CCC)C(NC)c1c(F)cccc1Cl)c1cnn(C2CC(C)(C)C2)c1C. The molecule has 1 unspecified atom stereocenters. The molecule has 0 bridgehead atoms. The molecule has 1 saturated carbocycles. The topological polar surface area (TPSA) is 29.9 Å². The Morgan fingerprint density at radius 1 is 1.43 bits per heavy atom. The molecule has 1 aliphatic rings. The van der Waals surface area contributed by atoms with Gasteiger partial charge in [0, 0.05) is 27.4 Å². The van der Waals surface area contributed by atoms with Crippen LogP contribution in [0.3, 0.4) is 0 Å². The molecule has 1 aromatic heterocycles. The van der Waals surface area contributed by atoms with Gasteiger partial charge in [-0.15, -0.1) is 6.42 Å². The zero-order valence-electron chi connectivity index (χ0n) is 18.5. The fourth-order valence-corrected chi connectivity index (χ4v) is 5.00. The van der Waals surface area contributed by atoms with Crippen molar-refractivity contribution in [3.05, 3.63) is 57.6 Å². The number of allylic oxidation sites excluding steroid dienone is 1. The first-order valence-corrected chi connectivity index (χ1v) is 11.0. The molecule has 0 amide bonds. The Kier molecular flexibility index (Phi) is 6.75. The molecule has 2 aromatic rings. The van der Waals surface area contributed by atoms with Gasteiger partial charge in [0.05, 0.1) is 18.3 Å². The Morgan fingerprint density at radius 3 is 2.67 bits per heavy atom. The normalized spacial score (nSPS) is 17.8. The summed E-state index contributed by atoms with van der Waals surface area (Å²) in [6, 6.07) is 4.77. The molecule has 3 rings (SSSR count). The van der Waals surface area contributed by atoms with E-state index < -0.39 is 6.04 Å². The molecule has 1 heterocycles. The third-order valence-electron chi connectivity index (χ3n) is 6.15. The summed E-state index contributed by atoms with van der Waals surface area (Å²) in [5, 5.41) is 8.31. The fraction of sp³-hybridized carbons (Fsp3) is 0.480. The third-order valence-corrected chi connectivity index (χ3v) is 6.48. The van der Waals surface area contributed by atoms with Crippen LogP contribution < -0.4 is 5.32 Å². The van der Waals surface area contributed by atoms with Crippen molar-refractivity contribution in [3.8, 4) is 12.3 Å². The Balaban J connectivity index is 2.11. The van der Waals surface area contributed by atoms with Crippen molar-refractivity contribution in [2.24, 2.45) is 5.41 Å². The Labute approximate surface area is 184 Å². The number of aromatic nitrogens is 2. The van der Waals surface area contributed by atoms with Gasteiger partial charge >= 0.3 is 0 Å². The number of hydrogen-bond acceptors (Lipinski definition) is 2. The van der Waals surface area contributed by atoms with Crippen molar-refractivity contribution in [2.45, 2.75) is 65.5 Å². The first-order chi connectivity index (χ1) is 14.2. The van der Waals surface area contributed by atoms with Gasteiger partial charge in [-0.1, -0.05) is 50.8 Å². The molecule has 160 valence electrons. The van der Waals surface area contributed by atoms with E-state index in [0.29, 0.717) is 22.0 Å². The van der Waals surface area contributed by atoms with Gasteiger partial charge in [0.1, 0.15) is 5.82 Å². The van der Waals surface area contributed by atoms with E-state index in [2.05, 4.69) is 48.7 Å². The molecule has 0 aliphatic heterocycles. The van der Waals surface area contributed by atoms with Gasteiger partial charge < -0.3 is 5.32 Å². The lowest BCUT2D eigenvalue weighted by Crippen LogP contribution is -2.34. The van der Waals surface area contributed by atoms with E-state index in [1.54, 1.807) is 12.1 Å². The first kappa shape index (κ1) is 22.6. The Hall–Kier alpha value is -2.09. The molecule has 30 heavy (non-hydrogen) atoms. The minimum Gasteiger partial charge on any atom is -0.309 e. The molecule has 1 fully saturated rings. The van der Waals surface area contributed by atoms with Gasteiger partial charge in [-0.25, -0.2) is 4.39 Å². The van der Waals surface area contributed by atoms with Crippen LogP contribution in [0.2, 0.25) is 5.02 Å². The highest BCUT2D eigenvalue weighted by Gasteiger charge is 2.38. The van der Waals surface area contributed by atoms with Crippen LogP contribution in [0.25, 0.3) is 5.57 Å². The summed E-state index contributed by atoms with van der Waals surface area (Å²) in [7, 11) is 1.81. The lowest BCUT2D eigenvalue weighted by molar-refractivity contribution is 0.0932. The second kappa shape index (κ2) is 8.96. The van der Waals surface area contributed by atoms with E-state index >= 15 is 0 Å². The van der Waals surface area contributed by atoms with Crippen LogP contribution in [-0.2, 0) is 0 Å². The van der Waals surface area contributed by atoms with Crippen LogP contribution in [-0.4, -0.2) is 16.8 Å². The Bertz CT molecular complexity index is 968. The molecule has 1 aliphatic carbocycles. The number of nitrogens with one attached hydrogen (secondary N) is 1. The predicted molar refractivity (Wildman–Crippen MR) is 123 cm³/mol. The maximum atomic E-state index is 14.8. The van der Waals surface area contributed by atoms with Crippen LogP contribution in [0.15, 0.2) is 30.0 Å². The zero-order chi connectivity index (χ0) is 22.1.